The minimum atomic E-state index is -0.436. The largest absolute Gasteiger partial charge is 0.445 e. The van der Waals surface area contributed by atoms with Crippen LogP contribution in [0.3, 0.4) is 0 Å². The first-order valence-electron chi connectivity index (χ1n) is 8.43. The van der Waals surface area contributed by atoms with Crippen LogP contribution in [0.4, 0.5) is 4.79 Å². The number of rotatable bonds is 6. The van der Waals surface area contributed by atoms with E-state index in [0.29, 0.717) is 6.54 Å². The van der Waals surface area contributed by atoms with E-state index in [1.54, 1.807) is 6.20 Å². The summed E-state index contributed by atoms with van der Waals surface area (Å²) in [5.74, 6) is 0. The lowest BCUT2D eigenvalue weighted by Crippen LogP contribution is -2.24. The molecule has 2 aromatic carbocycles. The van der Waals surface area contributed by atoms with Gasteiger partial charge in [-0.2, -0.15) is 5.10 Å². The highest BCUT2D eigenvalue weighted by molar-refractivity contribution is 5.67. The molecule has 0 aliphatic heterocycles. The van der Waals surface area contributed by atoms with Gasteiger partial charge in [-0.1, -0.05) is 54.6 Å². The van der Waals surface area contributed by atoms with E-state index in [2.05, 4.69) is 29.5 Å². The normalized spacial score (nSPS) is 10.8. The second-order valence-electron chi connectivity index (χ2n) is 5.90. The molecular weight excluding hydrogens is 326 g/mol. The Morgan fingerprint density at radius 1 is 1.19 bits per heavy atom. The molecule has 26 heavy (non-hydrogen) atoms. The lowest BCUT2D eigenvalue weighted by Gasteiger charge is -2.05. The first-order valence-corrected chi connectivity index (χ1v) is 8.43. The van der Waals surface area contributed by atoms with Gasteiger partial charge in [-0.15, -0.1) is 0 Å². The third-order valence-corrected chi connectivity index (χ3v) is 3.76. The Hall–Kier alpha value is -3.34. The lowest BCUT2D eigenvalue weighted by molar-refractivity contribution is 0.141. The summed E-state index contributed by atoms with van der Waals surface area (Å²) < 4.78 is 6.98. The van der Waals surface area contributed by atoms with Crippen LogP contribution in [0.15, 0.2) is 73.1 Å². The number of hydrogen-bond acceptors (Lipinski definition) is 3. The molecule has 1 N–H and O–H groups in total. The number of nitrogens with one attached hydrogen (secondary N) is 1. The highest BCUT2D eigenvalue weighted by Crippen LogP contribution is 2.11. The summed E-state index contributed by atoms with van der Waals surface area (Å²) in [5, 5.41) is 7.05. The van der Waals surface area contributed by atoms with E-state index < -0.39 is 6.09 Å². The molecule has 0 unspecified atom stereocenters. The van der Waals surface area contributed by atoms with Crippen molar-refractivity contribution < 1.29 is 9.53 Å². The number of nitrogens with zero attached hydrogens (tertiary/aromatic N) is 2. The van der Waals surface area contributed by atoms with E-state index in [4.69, 9.17) is 4.74 Å². The summed E-state index contributed by atoms with van der Waals surface area (Å²) in [6, 6.07) is 17.7. The van der Waals surface area contributed by atoms with Gasteiger partial charge in [0.2, 0.25) is 0 Å². The van der Waals surface area contributed by atoms with Gasteiger partial charge in [-0.3, -0.25) is 0 Å². The van der Waals surface area contributed by atoms with E-state index in [-0.39, 0.29) is 6.61 Å². The van der Waals surface area contributed by atoms with E-state index in [9.17, 15) is 4.79 Å². The van der Waals surface area contributed by atoms with Crippen molar-refractivity contribution in [3.8, 4) is 5.69 Å². The maximum absolute atomic E-state index is 11.7. The SMILES string of the molecule is Cc1cccc(-n2cc(C=CCNC(=O)OCc3ccccc3)cn2)c1. The predicted octanol–water partition coefficient (Wildman–Crippen LogP) is 4.12. The topological polar surface area (TPSA) is 56.2 Å². The van der Waals surface area contributed by atoms with E-state index in [1.165, 1.54) is 5.56 Å². The number of alkyl carbamates (subject to hydrolysis) is 1. The van der Waals surface area contributed by atoms with Gasteiger partial charge in [0, 0.05) is 18.3 Å². The Morgan fingerprint density at radius 3 is 2.85 bits per heavy atom. The zero-order valence-electron chi connectivity index (χ0n) is 14.6. The molecule has 0 aliphatic carbocycles. The molecule has 0 fully saturated rings. The van der Waals surface area contributed by atoms with Gasteiger partial charge in [0.25, 0.3) is 0 Å². The molecule has 5 nitrogen and oxygen atoms in total. The average Bonchev–Trinajstić information content (AvgIpc) is 3.13. The van der Waals surface area contributed by atoms with Gasteiger partial charge < -0.3 is 10.1 Å². The van der Waals surface area contributed by atoms with Gasteiger partial charge in [0.1, 0.15) is 6.61 Å². The summed E-state index contributed by atoms with van der Waals surface area (Å²) in [4.78, 5) is 11.7. The molecule has 0 radical (unpaired) electrons. The molecule has 3 rings (SSSR count). The summed E-state index contributed by atoms with van der Waals surface area (Å²) in [5.41, 5.74) is 4.13. The monoisotopic (exact) mass is 347 g/mol. The molecule has 0 aliphatic rings. The molecule has 0 spiro atoms. The van der Waals surface area contributed by atoms with Crippen LogP contribution in [0.2, 0.25) is 0 Å². The second-order valence-corrected chi connectivity index (χ2v) is 5.90. The van der Waals surface area contributed by atoms with Crippen LogP contribution in [0.25, 0.3) is 11.8 Å². The molecular formula is C21H21N3O2. The molecule has 0 atom stereocenters. The van der Waals surface area contributed by atoms with Gasteiger partial charge in [0.05, 0.1) is 11.9 Å². The molecule has 3 aromatic rings. The van der Waals surface area contributed by atoms with Crippen LogP contribution >= 0.6 is 0 Å². The van der Waals surface area contributed by atoms with E-state index in [0.717, 1.165) is 16.8 Å². The van der Waals surface area contributed by atoms with Crippen LogP contribution in [0.5, 0.6) is 0 Å². The lowest BCUT2D eigenvalue weighted by atomic mass is 10.2. The Kier molecular flexibility index (Phi) is 5.83. The molecule has 0 bridgehead atoms. The Morgan fingerprint density at radius 2 is 2.04 bits per heavy atom. The first-order chi connectivity index (χ1) is 12.7. The highest BCUT2D eigenvalue weighted by atomic mass is 16.5. The molecule has 1 heterocycles. The van der Waals surface area contributed by atoms with Gasteiger partial charge in [0.15, 0.2) is 0 Å². The number of aryl methyl sites for hydroxylation is 1. The molecule has 1 amide bonds. The van der Waals surface area contributed by atoms with E-state index in [1.807, 2.05) is 65.5 Å². The third-order valence-electron chi connectivity index (χ3n) is 3.76. The fourth-order valence-electron chi connectivity index (χ4n) is 2.45. The molecule has 132 valence electrons. The van der Waals surface area contributed by atoms with Crippen molar-refractivity contribution >= 4 is 12.2 Å². The van der Waals surface area contributed by atoms with Gasteiger partial charge >= 0.3 is 6.09 Å². The predicted molar refractivity (Wildman–Crippen MR) is 102 cm³/mol. The van der Waals surface area contributed by atoms with Crippen molar-refractivity contribution in [3.05, 3.63) is 89.8 Å². The Bertz CT molecular complexity index is 885. The summed E-state index contributed by atoms with van der Waals surface area (Å²) in [6.45, 7) is 2.71. The van der Waals surface area contributed by atoms with Crippen LogP contribution in [0.1, 0.15) is 16.7 Å². The number of ether oxygens (including phenoxy) is 1. The Labute approximate surface area is 152 Å². The molecule has 5 heteroatoms. The van der Waals surface area contributed by atoms with Crippen molar-refractivity contribution in [3.63, 3.8) is 0 Å². The van der Waals surface area contributed by atoms with Crippen LogP contribution in [0, 0.1) is 6.92 Å². The Balaban J connectivity index is 1.45. The maximum atomic E-state index is 11.7. The number of amides is 1. The third kappa shape index (κ3) is 5.08. The molecule has 0 saturated heterocycles. The van der Waals surface area contributed by atoms with Crippen LogP contribution < -0.4 is 5.32 Å². The summed E-state index contributed by atoms with van der Waals surface area (Å²) >= 11 is 0. The number of carbonyl (C=O) groups is 1. The van der Waals surface area contributed by atoms with Crippen LogP contribution in [-0.2, 0) is 11.3 Å². The van der Waals surface area contributed by atoms with Crippen molar-refractivity contribution in [2.24, 2.45) is 0 Å². The smallest absolute Gasteiger partial charge is 0.407 e. The summed E-state index contributed by atoms with van der Waals surface area (Å²) in [7, 11) is 0. The zero-order valence-corrected chi connectivity index (χ0v) is 14.6. The minimum absolute atomic E-state index is 0.264. The number of hydrogen-bond donors (Lipinski definition) is 1. The standard InChI is InChI=1S/C21H21N3O2/c1-17-7-5-11-20(13-17)24-15-19(14-23-24)10-6-12-22-21(25)26-16-18-8-3-2-4-9-18/h2-11,13-15H,12,16H2,1H3,(H,22,25). The fourth-order valence-corrected chi connectivity index (χ4v) is 2.45. The number of benzene rings is 2. The van der Waals surface area contributed by atoms with E-state index >= 15 is 0 Å². The number of carbonyl (C=O) groups excluding carboxylic acids is 1. The van der Waals surface area contributed by atoms with Gasteiger partial charge in [-0.05, 0) is 30.2 Å². The van der Waals surface area contributed by atoms with Crippen molar-refractivity contribution in [2.75, 3.05) is 6.54 Å². The van der Waals surface area contributed by atoms with Crippen LogP contribution in [-0.4, -0.2) is 22.4 Å². The van der Waals surface area contributed by atoms with Crippen molar-refractivity contribution in [1.82, 2.24) is 15.1 Å². The number of aromatic nitrogens is 2. The highest BCUT2D eigenvalue weighted by Gasteiger charge is 2.01. The van der Waals surface area contributed by atoms with Crippen molar-refractivity contribution in [2.45, 2.75) is 13.5 Å². The minimum Gasteiger partial charge on any atom is -0.445 e. The maximum Gasteiger partial charge on any atom is 0.407 e. The second kappa shape index (κ2) is 8.67. The average molecular weight is 347 g/mol. The van der Waals surface area contributed by atoms with Gasteiger partial charge in [-0.25, -0.2) is 9.48 Å². The first kappa shape index (κ1) is 17.5. The molecule has 1 aromatic heterocycles. The summed E-state index contributed by atoms with van der Waals surface area (Å²) in [6.07, 6.45) is 7.07. The van der Waals surface area contributed by atoms with Crippen molar-refractivity contribution in [1.29, 1.82) is 0 Å². The fraction of sp³-hybridized carbons (Fsp3) is 0.143. The molecule has 0 saturated carbocycles. The zero-order chi connectivity index (χ0) is 18.2. The quantitative estimate of drug-likeness (QED) is 0.730.